The zero-order chi connectivity index (χ0) is 24.3. The molecule has 0 unspecified atom stereocenters. The molecule has 0 atom stereocenters. The largest absolute Gasteiger partial charge is 0.488 e. The lowest BCUT2D eigenvalue weighted by molar-refractivity contribution is 0.0698. The van der Waals surface area contributed by atoms with Crippen LogP contribution in [0.5, 0.6) is 11.5 Å². The van der Waals surface area contributed by atoms with Crippen molar-refractivity contribution in [2.75, 3.05) is 11.9 Å². The molecule has 0 amide bonds. The molecule has 0 radical (unpaired) electrons. The van der Waals surface area contributed by atoms with Gasteiger partial charge in [-0.2, -0.15) is 8.78 Å². The van der Waals surface area contributed by atoms with Gasteiger partial charge in [0.2, 0.25) is 11.6 Å². The third-order valence-corrected chi connectivity index (χ3v) is 5.14. The number of carbonyl (C=O) groups is 1. The number of hydrogen-bond acceptors (Lipinski definition) is 4. The van der Waals surface area contributed by atoms with E-state index in [9.17, 15) is 27.5 Å². The van der Waals surface area contributed by atoms with Crippen molar-refractivity contribution < 1.29 is 36.9 Å². The molecular formula is C22H15Cl2F4NO4. The molecule has 0 heterocycles. The van der Waals surface area contributed by atoms with E-state index in [4.69, 9.17) is 27.9 Å². The summed E-state index contributed by atoms with van der Waals surface area (Å²) in [5.41, 5.74) is -0.862. The summed E-state index contributed by atoms with van der Waals surface area (Å²) in [5, 5.41) is 12.0. The molecular weight excluding hydrogens is 489 g/mol. The maximum Gasteiger partial charge on any atom is 0.337 e. The molecule has 0 saturated heterocycles. The highest BCUT2D eigenvalue weighted by Gasteiger charge is 2.27. The average molecular weight is 504 g/mol. The van der Waals surface area contributed by atoms with E-state index >= 15 is 0 Å². The summed E-state index contributed by atoms with van der Waals surface area (Å²) in [6.45, 7) is 0.281. The van der Waals surface area contributed by atoms with Gasteiger partial charge in [-0.1, -0.05) is 35.3 Å². The predicted molar refractivity (Wildman–Crippen MR) is 115 cm³/mol. The lowest BCUT2D eigenvalue weighted by atomic mass is 10.1. The number of aromatic carboxylic acids is 1. The third-order valence-electron chi connectivity index (χ3n) is 4.45. The Hall–Kier alpha value is -3.17. The molecule has 3 aromatic carbocycles. The predicted octanol–water partition coefficient (Wildman–Crippen LogP) is 6.97. The number of benzene rings is 3. The smallest absolute Gasteiger partial charge is 0.337 e. The van der Waals surface area contributed by atoms with E-state index in [1.165, 1.54) is 37.3 Å². The van der Waals surface area contributed by atoms with Gasteiger partial charge in [-0.05, 0) is 31.2 Å². The molecule has 0 saturated carbocycles. The van der Waals surface area contributed by atoms with Gasteiger partial charge in [0.25, 0.3) is 0 Å². The van der Waals surface area contributed by atoms with Crippen LogP contribution in [0.2, 0.25) is 10.0 Å². The number of carboxylic acid groups (broad SMARTS) is 1. The van der Waals surface area contributed by atoms with Crippen LogP contribution in [0.1, 0.15) is 22.8 Å². The van der Waals surface area contributed by atoms with E-state index < -0.39 is 47.2 Å². The maximum atomic E-state index is 14.3. The topological polar surface area (TPSA) is 67.8 Å². The Bertz CT molecular complexity index is 1190. The first kappa shape index (κ1) is 24.5. The normalized spacial score (nSPS) is 10.8. The van der Waals surface area contributed by atoms with Gasteiger partial charge in [-0.15, -0.1) is 0 Å². The molecule has 0 aliphatic rings. The van der Waals surface area contributed by atoms with Gasteiger partial charge < -0.3 is 19.9 Å². The maximum absolute atomic E-state index is 14.3. The number of carboxylic acids is 1. The molecule has 5 nitrogen and oxygen atoms in total. The second-order valence-corrected chi connectivity index (χ2v) is 7.28. The Morgan fingerprint density at radius 2 is 1.61 bits per heavy atom. The number of ether oxygens (including phenoxy) is 2. The first-order chi connectivity index (χ1) is 15.7. The average Bonchev–Trinajstić information content (AvgIpc) is 2.79. The van der Waals surface area contributed by atoms with Crippen molar-refractivity contribution in [1.29, 1.82) is 0 Å². The summed E-state index contributed by atoms with van der Waals surface area (Å²) >= 11 is 12.5. The summed E-state index contributed by atoms with van der Waals surface area (Å²) in [6, 6.07) is 8.54. The number of halogens is 6. The van der Waals surface area contributed by atoms with Crippen LogP contribution in [-0.2, 0) is 6.61 Å². The summed E-state index contributed by atoms with van der Waals surface area (Å²) in [5.74, 6) is -9.22. The molecule has 2 N–H and O–H groups in total. The minimum absolute atomic E-state index is 0.0505. The fourth-order valence-corrected chi connectivity index (χ4v) is 3.40. The first-order valence-electron chi connectivity index (χ1n) is 9.35. The molecule has 0 aliphatic carbocycles. The second-order valence-electron chi connectivity index (χ2n) is 6.50. The van der Waals surface area contributed by atoms with Crippen molar-refractivity contribution in [3.63, 3.8) is 0 Å². The van der Waals surface area contributed by atoms with Gasteiger partial charge in [-0.25, -0.2) is 13.6 Å². The molecule has 3 aromatic rings. The molecule has 0 aliphatic heterocycles. The summed E-state index contributed by atoms with van der Waals surface area (Å²) in [7, 11) is 0. The molecule has 11 heteroatoms. The van der Waals surface area contributed by atoms with Crippen LogP contribution in [0, 0.1) is 23.3 Å². The Balaban J connectivity index is 1.93. The number of rotatable bonds is 8. The zero-order valence-electron chi connectivity index (χ0n) is 16.8. The van der Waals surface area contributed by atoms with E-state index in [2.05, 4.69) is 10.1 Å². The number of para-hydroxylation sites is 1. The van der Waals surface area contributed by atoms with Crippen LogP contribution in [0.4, 0.5) is 28.9 Å². The monoisotopic (exact) mass is 503 g/mol. The van der Waals surface area contributed by atoms with Crippen LogP contribution in [0.25, 0.3) is 0 Å². The number of anilines is 2. The van der Waals surface area contributed by atoms with Crippen molar-refractivity contribution >= 4 is 40.5 Å². The fourth-order valence-electron chi connectivity index (χ4n) is 2.88. The van der Waals surface area contributed by atoms with Crippen LogP contribution in [0.3, 0.4) is 0 Å². The van der Waals surface area contributed by atoms with Crippen molar-refractivity contribution in [1.82, 2.24) is 0 Å². The Morgan fingerprint density at radius 1 is 0.970 bits per heavy atom. The number of hydrogen-bond donors (Lipinski definition) is 2. The van der Waals surface area contributed by atoms with Crippen molar-refractivity contribution in [2.24, 2.45) is 0 Å². The second kappa shape index (κ2) is 10.2. The van der Waals surface area contributed by atoms with Crippen LogP contribution >= 0.6 is 23.2 Å². The standard InChI is InChI=1S/C22H15Cl2F4NO4/c1-2-32-21-18(27)16(25)11(17(26)19(21)28)9-33-14-8-7-12(23)20(15(14)24)29-13-6-4-3-5-10(13)22(30)31/h3-8,29H,2,9H2,1H3,(H,30,31). The van der Waals surface area contributed by atoms with Crippen LogP contribution < -0.4 is 14.8 Å². The zero-order valence-corrected chi connectivity index (χ0v) is 18.3. The highest BCUT2D eigenvalue weighted by Crippen LogP contribution is 2.40. The van der Waals surface area contributed by atoms with Gasteiger partial charge in [0.05, 0.1) is 34.1 Å². The van der Waals surface area contributed by atoms with Gasteiger partial charge in [-0.3, -0.25) is 0 Å². The summed E-state index contributed by atoms with van der Waals surface area (Å²) in [6.07, 6.45) is 0. The van der Waals surface area contributed by atoms with Gasteiger partial charge >= 0.3 is 5.97 Å². The first-order valence-corrected chi connectivity index (χ1v) is 10.1. The van der Waals surface area contributed by atoms with E-state index in [0.717, 1.165) is 0 Å². The van der Waals surface area contributed by atoms with E-state index in [1.807, 2.05) is 0 Å². The van der Waals surface area contributed by atoms with E-state index in [1.54, 1.807) is 6.07 Å². The van der Waals surface area contributed by atoms with E-state index in [-0.39, 0.29) is 39.3 Å². The highest BCUT2D eigenvalue weighted by atomic mass is 35.5. The van der Waals surface area contributed by atoms with E-state index in [0.29, 0.717) is 0 Å². The van der Waals surface area contributed by atoms with Gasteiger partial charge in [0.15, 0.2) is 17.4 Å². The Morgan fingerprint density at radius 3 is 2.21 bits per heavy atom. The van der Waals surface area contributed by atoms with Crippen LogP contribution in [-0.4, -0.2) is 17.7 Å². The Kier molecular flexibility index (Phi) is 7.55. The SMILES string of the molecule is CCOc1c(F)c(F)c(COc2ccc(Cl)c(Nc3ccccc3C(=O)O)c2Cl)c(F)c1F. The van der Waals surface area contributed by atoms with Crippen molar-refractivity contribution in [3.8, 4) is 11.5 Å². The van der Waals surface area contributed by atoms with Crippen molar-refractivity contribution in [3.05, 3.63) is 80.8 Å². The van der Waals surface area contributed by atoms with Crippen molar-refractivity contribution in [2.45, 2.75) is 13.5 Å². The summed E-state index contributed by atoms with van der Waals surface area (Å²) < 4.78 is 66.7. The quantitative estimate of drug-likeness (QED) is 0.256. The third kappa shape index (κ3) is 4.94. The molecule has 3 rings (SSSR count). The van der Waals surface area contributed by atoms with Gasteiger partial charge in [0.1, 0.15) is 17.4 Å². The molecule has 33 heavy (non-hydrogen) atoms. The molecule has 0 aromatic heterocycles. The molecule has 174 valence electrons. The molecule has 0 spiro atoms. The Labute approximate surface area is 195 Å². The molecule has 0 fully saturated rings. The fraction of sp³-hybridized carbons (Fsp3) is 0.136. The summed E-state index contributed by atoms with van der Waals surface area (Å²) in [4.78, 5) is 11.4. The molecule has 0 bridgehead atoms. The number of nitrogens with one attached hydrogen (secondary N) is 1. The lowest BCUT2D eigenvalue weighted by Crippen LogP contribution is -2.10. The van der Waals surface area contributed by atoms with Crippen LogP contribution in [0.15, 0.2) is 36.4 Å². The van der Waals surface area contributed by atoms with Gasteiger partial charge in [0, 0.05) is 0 Å². The minimum atomic E-state index is -1.69. The lowest BCUT2D eigenvalue weighted by Gasteiger charge is -2.17. The minimum Gasteiger partial charge on any atom is -0.488 e. The highest BCUT2D eigenvalue weighted by molar-refractivity contribution is 6.40.